The van der Waals surface area contributed by atoms with Gasteiger partial charge in [0, 0.05) is 32.2 Å². The second-order valence-corrected chi connectivity index (χ2v) is 6.00. The van der Waals surface area contributed by atoms with Crippen molar-refractivity contribution in [2.75, 3.05) is 11.9 Å². The monoisotopic (exact) mass is 369 g/mol. The number of nitrogens with one attached hydrogen (secondary N) is 2. The molecule has 0 unspecified atom stereocenters. The Morgan fingerprint density at radius 2 is 1.70 bits per heavy atom. The van der Waals surface area contributed by atoms with E-state index in [2.05, 4.69) is 10.6 Å². The quantitative estimate of drug-likeness (QED) is 0.698. The number of carbonyl (C=O) groups excluding carboxylic acids is 2. The molecular weight excluding hydrogens is 346 g/mol. The van der Waals surface area contributed by atoms with Crippen LogP contribution in [0, 0.1) is 0 Å². The standard InChI is InChI=1S/C20H23N3O4/c1-3-23(14(2)24)13-17-6-4-5-7-18(17)22-20(27)21-12-15-8-10-16(11-9-15)19(25)26/h4-11H,3,12-13H2,1-2H3,(H,25,26)(H2,21,22,27). The maximum atomic E-state index is 12.2. The van der Waals surface area contributed by atoms with E-state index in [0.717, 1.165) is 11.1 Å². The van der Waals surface area contributed by atoms with Crippen molar-refractivity contribution >= 4 is 23.6 Å². The van der Waals surface area contributed by atoms with Crippen LogP contribution in [0.5, 0.6) is 0 Å². The number of para-hydroxylation sites is 1. The van der Waals surface area contributed by atoms with E-state index >= 15 is 0 Å². The molecule has 0 radical (unpaired) electrons. The normalized spacial score (nSPS) is 10.1. The number of carbonyl (C=O) groups is 3. The summed E-state index contributed by atoms with van der Waals surface area (Å²) in [5.41, 5.74) is 2.46. The summed E-state index contributed by atoms with van der Waals surface area (Å²) in [7, 11) is 0. The van der Waals surface area contributed by atoms with Crippen LogP contribution in [0.15, 0.2) is 48.5 Å². The summed E-state index contributed by atoms with van der Waals surface area (Å²) < 4.78 is 0. The lowest BCUT2D eigenvalue weighted by Crippen LogP contribution is -2.30. The number of amides is 3. The maximum Gasteiger partial charge on any atom is 0.335 e. The van der Waals surface area contributed by atoms with E-state index in [1.165, 1.54) is 19.1 Å². The van der Waals surface area contributed by atoms with Crippen LogP contribution in [0.2, 0.25) is 0 Å². The fourth-order valence-electron chi connectivity index (χ4n) is 2.55. The molecule has 27 heavy (non-hydrogen) atoms. The lowest BCUT2D eigenvalue weighted by atomic mass is 10.1. The third kappa shape index (κ3) is 5.85. The number of carboxylic acids is 1. The molecule has 0 aliphatic heterocycles. The Morgan fingerprint density at radius 3 is 2.30 bits per heavy atom. The number of hydrogen-bond donors (Lipinski definition) is 3. The number of rotatable bonds is 7. The summed E-state index contributed by atoms with van der Waals surface area (Å²) in [4.78, 5) is 36.4. The Morgan fingerprint density at radius 1 is 1.04 bits per heavy atom. The predicted octanol–water partition coefficient (Wildman–Crippen LogP) is 3.07. The Kier molecular flexibility index (Phi) is 6.93. The molecule has 0 atom stereocenters. The van der Waals surface area contributed by atoms with E-state index < -0.39 is 5.97 Å². The number of hydrogen-bond acceptors (Lipinski definition) is 3. The van der Waals surface area contributed by atoms with Crippen LogP contribution in [0.3, 0.4) is 0 Å². The van der Waals surface area contributed by atoms with Gasteiger partial charge in [0.15, 0.2) is 0 Å². The van der Waals surface area contributed by atoms with E-state index in [9.17, 15) is 14.4 Å². The average molecular weight is 369 g/mol. The van der Waals surface area contributed by atoms with Gasteiger partial charge in [-0.2, -0.15) is 0 Å². The summed E-state index contributed by atoms with van der Waals surface area (Å²) in [6, 6.07) is 13.2. The Hall–Kier alpha value is -3.35. The van der Waals surface area contributed by atoms with Gasteiger partial charge in [0.25, 0.3) is 0 Å². The highest BCUT2D eigenvalue weighted by Gasteiger charge is 2.11. The van der Waals surface area contributed by atoms with Crippen LogP contribution in [0.1, 0.15) is 35.3 Å². The first-order chi connectivity index (χ1) is 12.9. The molecule has 0 aromatic heterocycles. The van der Waals surface area contributed by atoms with Gasteiger partial charge in [-0.15, -0.1) is 0 Å². The van der Waals surface area contributed by atoms with Gasteiger partial charge >= 0.3 is 12.0 Å². The van der Waals surface area contributed by atoms with Gasteiger partial charge in [-0.3, -0.25) is 4.79 Å². The molecule has 0 saturated carbocycles. The van der Waals surface area contributed by atoms with Crippen molar-refractivity contribution < 1.29 is 19.5 Å². The zero-order chi connectivity index (χ0) is 19.8. The predicted molar refractivity (Wildman–Crippen MR) is 102 cm³/mol. The number of anilines is 1. The molecule has 0 heterocycles. The zero-order valence-corrected chi connectivity index (χ0v) is 15.4. The number of nitrogens with zero attached hydrogens (tertiary/aromatic N) is 1. The van der Waals surface area contributed by atoms with Crippen LogP contribution in [-0.2, 0) is 17.9 Å². The second kappa shape index (κ2) is 9.38. The Bertz CT molecular complexity index is 818. The Labute approximate surface area is 158 Å². The molecule has 7 nitrogen and oxygen atoms in total. The molecule has 2 aromatic rings. The molecule has 0 fully saturated rings. The molecular formula is C20H23N3O4. The molecule has 0 aliphatic carbocycles. The van der Waals surface area contributed by atoms with Crippen molar-refractivity contribution in [1.29, 1.82) is 0 Å². The van der Waals surface area contributed by atoms with E-state index in [-0.39, 0.29) is 24.0 Å². The fraction of sp³-hybridized carbons (Fsp3) is 0.250. The number of urea groups is 1. The molecule has 0 saturated heterocycles. The molecule has 0 bridgehead atoms. The minimum absolute atomic E-state index is 0.0263. The van der Waals surface area contributed by atoms with Gasteiger partial charge in [0.2, 0.25) is 5.91 Å². The first kappa shape index (κ1) is 20.0. The van der Waals surface area contributed by atoms with Crippen LogP contribution in [0.25, 0.3) is 0 Å². The van der Waals surface area contributed by atoms with Crippen molar-refractivity contribution in [3.8, 4) is 0 Å². The zero-order valence-electron chi connectivity index (χ0n) is 15.4. The van der Waals surface area contributed by atoms with Gasteiger partial charge in [-0.1, -0.05) is 30.3 Å². The summed E-state index contributed by atoms with van der Waals surface area (Å²) in [6.07, 6.45) is 0. The lowest BCUT2D eigenvalue weighted by molar-refractivity contribution is -0.129. The smallest absolute Gasteiger partial charge is 0.335 e. The van der Waals surface area contributed by atoms with Gasteiger partial charge in [0.05, 0.1) is 5.56 Å². The molecule has 7 heteroatoms. The number of carboxylic acid groups (broad SMARTS) is 1. The maximum absolute atomic E-state index is 12.2. The van der Waals surface area contributed by atoms with Crippen LogP contribution >= 0.6 is 0 Å². The van der Waals surface area contributed by atoms with Gasteiger partial charge in [0.1, 0.15) is 0 Å². The summed E-state index contributed by atoms with van der Waals surface area (Å²) in [5.74, 6) is -1.02. The van der Waals surface area contributed by atoms with Gasteiger partial charge in [-0.25, -0.2) is 9.59 Å². The van der Waals surface area contributed by atoms with Crippen LogP contribution in [0.4, 0.5) is 10.5 Å². The van der Waals surface area contributed by atoms with Gasteiger partial charge < -0.3 is 20.6 Å². The van der Waals surface area contributed by atoms with Crippen molar-refractivity contribution in [3.05, 3.63) is 65.2 Å². The van der Waals surface area contributed by atoms with E-state index in [1.54, 1.807) is 23.1 Å². The first-order valence-electron chi connectivity index (χ1n) is 8.61. The lowest BCUT2D eigenvalue weighted by Gasteiger charge is -2.21. The minimum Gasteiger partial charge on any atom is -0.478 e. The van der Waals surface area contributed by atoms with Crippen LogP contribution < -0.4 is 10.6 Å². The minimum atomic E-state index is -0.990. The third-order valence-electron chi connectivity index (χ3n) is 4.11. The molecule has 0 spiro atoms. The molecule has 2 aromatic carbocycles. The molecule has 0 aliphatic rings. The van der Waals surface area contributed by atoms with Crippen molar-refractivity contribution in [3.63, 3.8) is 0 Å². The molecule has 3 amide bonds. The highest BCUT2D eigenvalue weighted by atomic mass is 16.4. The van der Waals surface area contributed by atoms with Crippen molar-refractivity contribution in [1.82, 2.24) is 10.2 Å². The Balaban J connectivity index is 1.97. The fourth-order valence-corrected chi connectivity index (χ4v) is 2.55. The SMILES string of the molecule is CCN(Cc1ccccc1NC(=O)NCc1ccc(C(=O)O)cc1)C(C)=O. The highest BCUT2D eigenvalue weighted by molar-refractivity contribution is 5.90. The van der Waals surface area contributed by atoms with E-state index in [1.807, 2.05) is 25.1 Å². The van der Waals surface area contributed by atoms with Crippen LogP contribution in [-0.4, -0.2) is 34.5 Å². The second-order valence-electron chi connectivity index (χ2n) is 6.00. The largest absolute Gasteiger partial charge is 0.478 e. The summed E-state index contributed by atoms with van der Waals surface area (Å²) in [5, 5.41) is 14.4. The average Bonchev–Trinajstić information content (AvgIpc) is 2.65. The van der Waals surface area contributed by atoms with Crippen molar-refractivity contribution in [2.45, 2.75) is 26.9 Å². The number of aromatic carboxylic acids is 1. The summed E-state index contributed by atoms with van der Waals surface area (Å²) in [6.45, 7) is 4.69. The summed E-state index contributed by atoms with van der Waals surface area (Å²) >= 11 is 0. The van der Waals surface area contributed by atoms with E-state index in [0.29, 0.717) is 18.8 Å². The molecule has 142 valence electrons. The van der Waals surface area contributed by atoms with E-state index in [4.69, 9.17) is 5.11 Å². The van der Waals surface area contributed by atoms with Crippen molar-refractivity contribution in [2.24, 2.45) is 0 Å². The molecule has 2 rings (SSSR count). The third-order valence-corrected chi connectivity index (χ3v) is 4.11. The topological polar surface area (TPSA) is 98.7 Å². The number of benzene rings is 2. The van der Waals surface area contributed by atoms with Gasteiger partial charge in [-0.05, 0) is 36.2 Å². The molecule has 3 N–H and O–H groups in total. The highest BCUT2D eigenvalue weighted by Crippen LogP contribution is 2.17. The first-order valence-corrected chi connectivity index (χ1v) is 8.61.